The van der Waals surface area contributed by atoms with Crippen LogP contribution in [0.5, 0.6) is 11.5 Å². The van der Waals surface area contributed by atoms with Crippen LogP contribution in [0, 0.1) is 0 Å². The predicted molar refractivity (Wildman–Crippen MR) is 107 cm³/mol. The van der Waals surface area contributed by atoms with E-state index in [0.29, 0.717) is 30.3 Å². The van der Waals surface area contributed by atoms with Crippen molar-refractivity contribution >= 4 is 28.7 Å². The molecule has 0 fully saturated rings. The number of aromatic amines is 1. The molecule has 1 heterocycles. The number of nitrogens with one attached hydrogen (secondary N) is 1. The summed E-state index contributed by atoms with van der Waals surface area (Å²) in [5.41, 5.74) is 2.88. The van der Waals surface area contributed by atoms with E-state index in [4.69, 9.17) is 9.47 Å². The van der Waals surface area contributed by atoms with E-state index >= 15 is 0 Å². The first-order chi connectivity index (χ1) is 13.1. The average molecular weight is 385 g/mol. The number of benzene rings is 2. The number of hydrogen-bond donors (Lipinski definition) is 1. The maximum Gasteiger partial charge on any atom is 0.233 e. The lowest BCUT2D eigenvalue weighted by Gasteiger charge is -2.21. The van der Waals surface area contributed by atoms with Crippen LogP contribution in [0.2, 0.25) is 0 Å². The molecule has 0 radical (unpaired) electrons. The Morgan fingerprint density at radius 2 is 1.93 bits per heavy atom. The molecule has 3 aromatic rings. The summed E-state index contributed by atoms with van der Waals surface area (Å²) in [5, 5.41) is 0.756. The Hall–Kier alpha value is -2.67. The lowest BCUT2D eigenvalue weighted by atomic mass is 10.2. The van der Waals surface area contributed by atoms with Crippen LogP contribution in [0.1, 0.15) is 12.5 Å². The monoisotopic (exact) mass is 385 g/mol. The Kier molecular flexibility index (Phi) is 6.24. The van der Waals surface area contributed by atoms with Gasteiger partial charge in [-0.05, 0) is 36.8 Å². The Balaban J connectivity index is 1.63. The number of aromatic nitrogens is 2. The van der Waals surface area contributed by atoms with Crippen molar-refractivity contribution in [2.45, 2.75) is 18.6 Å². The first-order valence-corrected chi connectivity index (χ1v) is 9.69. The van der Waals surface area contributed by atoms with E-state index in [2.05, 4.69) is 9.97 Å². The lowest BCUT2D eigenvalue weighted by Crippen LogP contribution is -2.31. The minimum atomic E-state index is 0.0674. The molecule has 1 aromatic heterocycles. The van der Waals surface area contributed by atoms with E-state index in [1.54, 1.807) is 14.2 Å². The SMILES string of the molecule is CCN(Cc1ccc(OC)c(OC)c1)C(=O)CSc1nc2ccccc2[nH]1. The Labute approximate surface area is 162 Å². The average Bonchev–Trinajstić information content (AvgIpc) is 3.13. The molecule has 27 heavy (non-hydrogen) atoms. The van der Waals surface area contributed by atoms with Gasteiger partial charge in [-0.3, -0.25) is 4.79 Å². The molecule has 0 aliphatic heterocycles. The molecule has 0 bridgehead atoms. The highest BCUT2D eigenvalue weighted by Gasteiger charge is 2.15. The van der Waals surface area contributed by atoms with Crippen molar-refractivity contribution in [1.82, 2.24) is 14.9 Å². The highest BCUT2D eigenvalue weighted by molar-refractivity contribution is 7.99. The summed E-state index contributed by atoms with van der Waals surface area (Å²) in [6, 6.07) is 13.5. The van der Waals surface area contributed by atoms with E-state index in [1.807, 2.05) is 54.3 Å². The van der Waals surface area contributed by atoms with Gasteiger partial charge in [-0.2, -0.15) is 0 Å². The van der Waals surface area contributed by atoms with E-state index in [1.165, 1.54) is 11.8 Å². The Bertz CT molecular complexity index is 893. The molecule has 3 rings (SSSR count). The molecule has 0 atom stereocenters. The van der Waals surface area contributed by atoms with Gasteiger partial charge in [0.1, 0.15) is 0 Å². The molecule has 0 aliphatic carbocycles. The van der Waals surface area contributed by atoms with Gasteiger partial charge in [-0.1, -0.05) is 30.0 Å². The van der Waals surface area contributed by atoms with Crippen molar-refractivity contribution in [2.75, 3.05) is 26.5 Å². The number of para-hydroxylation sites is 2. The Morgan fingerprint density at radius 3 is 2.63 bits per heavy atom. The molecule has 0 saturated carbocycles. The van der Waals surface area contributed by atoms with Crippen molar-refractivity contribution in [3.63, 3.8) is 0 Å². The first-order valence-electron chi connectivity index (χ1n) is 8.70. The highest BCUT2D eigenvalue weighted by atomic mass is 32.2. The number of amides is 1. The summed E-state index contributed by atoms with van der Waals surface area (Å²) >= 11 is 1.42. The summed E-state index contributed by atoms with van der Waals surface area (Å²) in [4.78, 5) is 22.2. The molecule has 7 heteroatoms. The van der Waals surface area contributed by atoms with Crippen LogP contribution >= 0.6 is 11.8 Å². The zero-order valence-electron chi connectivity index (χ0n) is 15.7. The molecule has 142 valence electrons. The highest BCUT2D eigenvalue weighted by Crippen LogP contribution is 2.28. The van der Waals surface area contributed by atoms with Gasteiger partial charge >= 0.3 is 0 Å². The number of rotatable bonds is 8. The molecular weight excluding hydrogens is 362 g/mol. The van der Waals surface area contributed by atoms with E-state index < -0.39 is 0 Å². The summed E-state index contributed by atoms with van der Waals surface area (Å²) in [6.07, 6.45) is 0. The summed E-state index contributed by atoms with van der Waals surface area (Å²) in [6.45, 7) is 3.13. The van der Waals surface area contributed by atoms with Crippen LogP contribution < -0.4 is 9.47 Å². The van der Waals surface area contributed by atoms with Crippen LogP contribution in [-0.2, 0) is 11.3 Å². The van der Waals surface area contributed by atoms with E-state index in [-0.39, 0.29) is 5.91 Å². The lowest BCUT2D eigenvalue weighted by molar-refractivity contribution is -0.128. The molecule has 2 aromatic carbocycles. The van der Waals surface area contributed by atoms with Crippen molar-refractivity contribution in [3.8, 4) is 11.5 Å². The molecule has 0 saturated heterocycles. The van der Waals surface area contributed by atoms with Crippen LogP contribution in [0.4, 0.5) is 0 Å². The van der Waals surface area contributed by atoms with Gasteiger partial charge in [0.05, 0.1) is 31.0 Å². The van der Waals surface area contributed by atoms with Crippen molar-refractivity contribution in [2.24, 2.45) is 0 Å². The molecule has 0 spiro atoms. The second-order valence-corrected chi connectivity index (χ2v) is 6.91. The molecule has 1 N–H and O–H groups in total. The van der Waals surface area contributed by atoms with Crippen molar-refractivity contribution < 1.29 is 14.3 Å². The number of thioether (sulfide) groups is 1. The van der Waals surface area contributed by atoms with Gasteiger partial charge in [-0.25, -0.2) is 4.98 Å². The second kappa shape index (κ2) is 8.81. The third-order valence-electron chi connectivity index (χ3n) is 4.26. The summed E-state index contributed by atoms with van der Waals surface area (Å²) < 4.78 is 10.6. The van der Waals surface area contributed by atoms with Gasteiger partial charge in [-0.15, -0.1) is 0 Å². The normalized spacial score (nSPS) is 10.8. The quantitative estimate of drug-likeness (QED) is 0.599. The number of fused-ring (bicyclic) bond motifs is 1. The minimum Gasteiger partial charge on any atom is -0.493 e. The third kappa shape index (κ3) is 4.54. The zero-order valence-corrected chi connectivity index (χ0v) is 16.5. The van der Waals surface area contributed by atoms with Crippen LogP contribution in [0.15, 0.2) is 47.6 Å². The fourth-order valence-corrected chi connectivity index (χ4v) is 3.58. The van der Waals surface area contributed by atoms with Crippen LogP contribution in [0.25, 0.3) is 11.0 Å². The first kappa shape index (κ1) is 19.1. The molecule has 1 amide bonds. The Morgan fingerprint density at radius 1 is 1.15 bits per heavy atom. The van der Waals surface area contributed by atoms with Gasteiger partial charge in [0, 0.05) is 13.1 Å². The number of ether oxygens (including phenoxy) is 2. The number of hydrogen-bond acceptors (Lipinski definition) is 5. The standard InChI is InChI=1S/C20H23N3O3S/c1-4-23(12-14-9-10-17(25-2)18(11-14)26-3)19(24)13-27-20-21-15-7-5-6-8-16(15)22-20/h5-11H,4,12-13H2,1-3H3,(H,21,22). The van der Waals surface area contributed by atoms with Gasteiger partial charge < -0.3 is 19.4 Å². The molecule has 6 nitrogen and oxygen atoms in total. The van der Waals surface area contributed by atoms with Crippen molar-refractivity contribution in [3.05, 3.63) is 48.0 Å². The van der Waals surface area contributed by atoms with E-state index in [0.717, 1.165) is 21.8 Å². The van der Waals surface area contributed by atoms with Crippen molar-refractivity contribution in [1.29, 1.82) is 0 Å². The van der Waals surface area contributed by atoms with E-state index in [9.17, 15) is 4.79 Å². The maximum atomic E-state index is 12.7. The number of H-pyrrole nitrogens is 1. The number of nitrogens with zero attached hydrogens (tertiary/aromatic N) is 2. The molecule has 0 aliphatic rings. The number of carbonyl (C=O) groups is 1. The fraction of sp³-hybridized carbons (Fsp3) is 0.300. The number of methoxy groups -OCH3 is 2. The van der Waals surface area contributed by atoms with Gasteiger partial charge in [0.2, 0.25) is 5.91 Å². The number of imidazole rings is 1. The second-order valence-electron chi connectivity index (χ2n) is 5.95. The minimum absolute atomic E-state index is 0.0674. The number of carbonyl (C=O) groups excluding carboxylic acids is 1. The largest absolute Gasteiger partial charge is 0.493 e. The smallest absolute Gasteiger partial charge is 0.233 e. The molecular formula is C20H23N3O3S. The van der Waals surface area contributed by atoms with Gasteiger partial charge in [0.25, 0.3) is 0 Å². The van der Waals surface area contributed by atoms with Crippen LogP contribution in [0.3, 0.4) is 0 Å². The fourth-order valence-electron chi connectivity index (χ4n) is 2.79. The topological polar surface area (TPSA) is 67.5 Å². The summed E-state index contributed by atoms with van der Waals surface area (Å²) in [7, 11) is 3.21. The maximum absolute atomic E-state index is 12.7. The third-order valence-corrected chi connectivity index (χ3v) is 5.11. The predicted octanol–water partition coefficient (Wildman–Crippen LogP) is 3.72. The van der Waals surface area contributed by atoms with Gasteiger partial charge in [0.15, 0.2) is 16.7 Å². The molecule has 0 unspecified atom stereocenters. The van der Waals surface area contributed by atoms with Crippen LogP contribution in [-0.4, -0.2) is 47.3 Å². The zero-order chi connectivity index (χ0) is 19.2. The summed E-state index contributed by atoms with van der Waals surface area (Å²) in [5.74, 6) is 1.74.